The Morgan fingerprint density at radius 2 is 2.26 bits per heavy atom. The molecular weight excluding hydrogens is 275 g/mol. The van der Waals surface area contributed by atoms with Crippen LogP contribution in [0.3, 0.4) is 0 Å². The van der Waals surface area contributed by atoms with E-state index in [1.54, 1.807) is 0 Å². The van der Waals surface area contributed by atoms with Gasteiger partial charge in [0.1, 0.15) is 11.5 Å². The predicted octanol–water partition coefficient (Wildman–Crippen LogP) is 2.52. The van der Waals surface area contributed by atoms with Gasteiger partial charge < -0.3 is 5.73 Å². The maximum Gasteiger partial charge on any atom is 0.333 e. The van der Waals surface area contributed by atoms with Crippen LogP contribution in [0, 0.1) is 22.9 Å². The fourth-order valence-corrected chi connectivity index (χ4v) is 1.91. The molecule has 1 heterocycles. The van der Waals surface area contributed by atoms with Crippen LogP contribution in [0.5, 0.6) is 0 Å². The summed E-state index contributed by atoms with van der Waals surface area (Å²) in [4.78, 5) is 10.2. The van der Waals surface area contributed by atoms with Crippen LogP contribution in [0.15, 0.2) is 18.2 Å². The molecule has 0 radical (unpaired) electrons. The summed E-state index contributed by atoms with van der Waals surface area (Å²) in [5.74, 6) is -0.612. The second kappa shape index (κ2) is 4.85. The Morgan fingerprint density at radius 3 is 2.79 bits per heavy atom. The van der Waals surface area contributed by atoms with Crippen LogP contribution in [0.2, 0.25) is 5.02 Å². The van der Waals surface area contributed by atoms with E-state index < -0.39 is 10.7 Å². The number of benzene rings is 1. The first-order valence-electron chi connectivity index (χ1n) is 5.31. The molecular formula is C11H10ClFN4O2. The molecule has 0 spiro atoms. The van der Waals surface area contributed by atoms with Crippen molar-refractivity contribution in [1.82, 2.24) is 9.78 Å². The Hall–Kier alpha value is -2.15. The molecule has 19 heavy (non-hydrogen) atoms. The molecule has 0 saturated heterocycles. The van der Waals surface area contributed by atoms with E-state index in [0.29, 0.717) is 5.56 Å². The summed E-state index contributed by atoms with van der Waals surface area (Å²) >= 11 is 5.65. The van der Waals surface area contributed by atoms with Crippen molar-refractivity contribution in [1.29, 1.82) is 0 Å². The lowest BCUT2D eigenvalue weighted by Gasteiger charge is -2.05. The summed E-state index contributed by atoms with van der Waals surface area (Å²) in [5.41, 5.74) is 5.88. The fraction of sp³-hybridized carbons (Fsp3) is 0.182. The molecule has 6 nitrogen and oxygen atoms in total. The van der Waals surface area contributed by atoms with E-state index in [1.807, 2.05) is 0 Å². The second-order valence-electron chi connectivity index (χ2n) is 3.97. The highest BCUT2D eigenvalue weighted by molar-refractivity contribution is 6.30. The summed E-state index contributed by atoms with van der Waals surface area (Å²) in [6.07, 6.45) is 0. The molecule has 0 amide bonds. The molecule has 0 aliphatic carbocycles. The monoisotopic (exact) mass is 284 g/mol. The molecule has 0 saturated carbocycles. The zero-order valence-electron chi connectivity index (χ0n) is 9.93. The van der Waals surface area contributed by atoms with Gasteiger partial charge >= 0.3 is 5.69 Å². The lowest BCUT2D eigenvalue weighted by molar-refractivity contribution is -0.384. The normalized spacial score (nSPS) is 10.7. The SMILES string of the molecule is Cc1nn(Cc2ccc(Cl)cc2F)c(N)c1[N+](=O)[O-]. The summed E-state index contributed by atoms with van der Waals surface area (Å²) in [6.45, 7) is 1.48. The van der Waals surface area contributed by atoms with Gasteiger partial charge in [0.2, 0.25) is 5.82 Å². The Morgan fingerprint density at radius 1 is 1.58 bits per heavy atom. The molecule has 2 aromatic rings. The molecule has 0 unspecified atom stereocenters. The number of anilines is 1. The van der Waals surface area contributed by atoms with Crippen LogP contribution in [0.25, 0.3) is 0 Å². The summed E-state index contributed by atoms with van der Waals surface area (Å²) in [6, 6.07) is 4.18. The fourth-order valence-electron chi connectivity index (χ4n) is 1.75. The van der Waals surface area contributed by atoms with Gasteiger partial charge in [0.05, 0.1) is 11.5 Å². The molecule has 0 atom stereocenters. The summed E-state index contributed by atoms with van der Waals surface area (Å²) in [5, 5.41) is 15.0. The smallest absolute Gasteiger partial charge is 0.333 e. The van der Waals surface area contributed by atoms with Crippen LogP contribution >= 0.6 is 11.6 Å². The Kier molecular flexibility index (Phi) is 3.39. The van der Waals surface area contributed by atoms with E-state index in [4.69, 9.17) is 17.3 Å². The van der Waals surface area contributed by atoms with Crippen LogP contribution in [-0.4, -0.2) is 14.7 Å². The molecule has 0 aliphatic rings. The predicted molar refractivity (Wildman–Crippen MR) is 68.5 cm³/mol. The highest BCUT2D eigenvalue weighted by Gasteiger charge is 2.23. The second-order valence-corrected chi connectivity index (χ2v) is 4.41. The maximum absolute atomic E-state index is 13.6. The zero-order chi connectivity index (χ0) is 14.2. The number of hydrogen-bond donors (Lipinski definition) is 1. The van der Waals surface area contributed by atoms with Gasteiger partial charge in [-0.15, -0.1) is 0 Å². The third-order valence-electron chi connectivity index (χ3n) is 2.65. The average Bonchev–Trinajstić information content (AvgIpc) is 2.58. The van der Waals surface area contributed by atoms with Crippen LogP contribution in [0.4, 0.5) is 15.9 Å². The standard InChI is InChI=1S/C11H10ClFN4O2/c1-6-10(17(18)19)11(14)16(15-6)5-7-2-3-8(12)4-9(7)13/h2-4H,5,14H2,1H3. The number of halogens is 2. The Bertz CT molecular complexity index is 656. The van der Waals surface area contributed by atoms with E-state index >= 15 is 0 Å². The highest BCUT2D eigenvalue weighted by Crippen LogP contribution is 2.26. The van der Waals surface area contributed by atoms with E-state index in [0.717, 1.165) is 6.07 Å². The first-order valence-corrected chi connectivity index (χ1v) is 5.69. The summed E-state index contributed by atoms with van der Waals surface area (Å²) < 4.78 is 14.8. The van der Waals surface area contributed by atoms with Crippen molar-refractivity contribution in [3.63, 3.8) is 0 Å². The molecule has 0 bridgehead atoms. The number of nitro groups is 1. The third-order valence-corrected chi connectivity index (χ3v) is 2.89. The lowest BCUT2D eigenvalue weighted by Crippen LogP contribution is -2.08. The van der Waals surface area contributed by atoms with Crippen molar-refractivity contribution in [3.8, 4) is 0 Å². The molecule has 0 fully saturated rings. The van der Waals surface area contributed by atoms with Gasteiger partial charge in [-0.3, -0.25) is 10.1 Å². The number of rotatable bonds is 3. The van der Waals surface area contributed by atoms with Crippen molar-refractivity contribution >= 4 is 23.1 Å². The molecule has 0 aliphatic heterocycles. The van der Waals surface area contributed by atoms with Crippen LogP contribution < -0.4 is 5.73 Å². The first kappa shape index (κ1) is 13.3. The minimum atomic E-state index is -0.605. The molecule has 2 N–H and O–H groups in total. The van der Waals surface area contributed by atoms with Crippen molar-refractivity contribution in [3.05, 3.63) is 50.4 Å². The van der Waals surface area contributed by atoms with E-state index in [9.17, 15) is 14.5 Å². The molecule has 100 valence electrons. The van der Waals surface area contributed by atoms with Crippen molar-refractivity contribution in [2.75, 3.05) is 5.73 Å². The van der Waals surface area contributed by atoms with Gasteiger partial charge in [-0.1, -0.05) is 17.7 Å². The van der Waals surface area contributed by atoms with Gasteiger partial charge in [-0.25, -0.2) is 9.07 Å². The number of nitrogens with zero attached hydrogens (tertiary/aromatic N) is 3. The van der Waals surface area contributed by atoms with Crippen molar-refractivity contribution < 1.29 is 9.31 Å². The van der Waals surface area contributed by atoms with Crippen LogP contribution in [-0.2, 0) is 6.54 Å². The number of aryl methyl sites for hydroxylation is 1. The van der Waals surface area contributed by atoms with E-state index in [1.165, 1.54) is 23.7 Å². The van der Waals surface area contributed by atoms with Gasteiger partial charge in [-0.05, 0) is 19.1 Å². The van der Waals surface area contributed by atoms with Gasteiger partial charge in [0.15, 0.2) is 0 Å². The maximum atomic E-state index is 13.6. The summed E-state index contributed by atoms with van der Waals surface area (Å²) in [7, 11) is 0. The van der Waals surface area contributed by atoms with Crippen molar-refractivity contribution in [2.24, 2.45) is 0 Å². The van der Waals surface area contributed by atoms with Gasteiger partial charge in [-0.2, -0.15) is 5.10 Å². The molecule has 8 heteroatoms. The number of nitrogens with two attached hydrogens (primary N) is 1. The average molecular weight is 285 g/mol. The van der Waals surface area contributed by atoms with E-state index in [2.05, 4.69) is 5.10 Å². The Balaban J connectivity index is 2.39. The number of hydrogen-bond acceptors (Lipinski definition) is 4. The number of nitrogen functional groups attached to an aromatic ring is 1. The first-order chi connectivity index (χ1) is 8.90. The largest absolute Gasteiger partial charge is 0.378 e. The molecule has 2 rings (SSSR count). The van der Waals surface area contributed by atoms with Crippen molar-refractivity contribution in [2.45, 2.75) is 13.5 Å². The zero-order valence-corrected chi connectivity index (χ0v) is 10.7. The number of aromatic nitrogens is 2. The van der Waals surface area contributed by atoms with Gasteiger partial charge in [0.25, 0.3) is 0 Å². The molecule has 1 aromatic carbocycles. The lowest BCUT2D eigenvalue weighted by atomic mass is 10.2. The van der Waals surface area contributed by atoms with Gasteiger partial charge in [0, 0.05) is 10.6 Å². The topological polar surface area (TPSA) is 87.0 Å². The minimum Gasteiger partial charge on any atom is -0.378 e. The Labute approximate surface area is 112 Å². The minimum absolute atomic E-state index is 0.00349. The van der Waals surface area contributed by atoms with Crippen LogP contribution in [0.1, 0.15) is 11.3 Å². The molecule has 1 aromatic heterocycles. The quantitative estimate of drug-likeness (QED) is 0.693. The highest BCUT2D eigenvalue weighted by atomic mass is 35.5. The third kappa shape index (κ3) is 2.50. The van der Waals surface area contributed by atoms with E-state index in [-0.39, 0.29) is 28.8 Å².